The van der Waals surface area contributed by atoms with Crippen LogP contribution in [0, 0.1) is 6.92 Å². The smallest absolute Gasteiger partial charge is 0.196 e. The first-order valence-electron chi connectivity index (χ1n) is 5.56. The maximum Gasteiger partial charge on any atom is 0.196 e. The highest BCUT2D eigenvalue weighted by Crippen LogP contribution is 2.23. The zero-order chi connectivity index (χ0) is 12.7. The Morgan fingerprint density at radius 3 is 2.78 bits per heavy atom. The van der Waals surface area contributed by atoms with Gasteiger partial charge in [-0.3, -0.25) is 4.79 Å². The summed E-state index contributed by atoms with van der Waals surface area (Å²) in [6, 6.07) is 7.21. The summed E-state index contributed by atoms with van der Waals surface area (Å²) in [5, 5.41) is 8.24. The lowest BCUT2D eigenvalue weighted by Gasteiger charge is -2.05. The lowest BCUT2D eigenvalue weighted by atomic mass is 10.1. The number of hydrogen-bond donors (Lipinski definition) is 0. The Balaban J connectivity index is 2.42. The summed E-state index contributed by atoms with van der Waals surface area (Å²) in [6.07, 6.45) is 1.58. The highest BCUT2D eigenvalue weighted by Gasteiger charge is 2.15. The van der Waals surface area contributed by atoms with Crippen molar-refractivity contribution in [3.05, 3.63) is 46.2 Å². The molecule has 18 heavy (non-hydrogen) atoms. The van der Waals surface area contributed by atoms with E-state index in [9.17, 15) is 4.79 Å². The number of rotatable bonds is 1. The van der Waals surface area contributed by atoms with Crippen LogP contribution in [0.5, 0.6) is 0 Å². The van der Waals surface area contributed by atoms with Crippen molar-refractivity contribution in [1.82, 2.24) is 15.0 Å². The third-order valence-corrected chi connectivity index (χ3v) is 2.97. The average molecular weight is 241 g/mol. The standard InChI is InChI=1S/C13H11N3O2/c1-8-12(17)9-5-3-4-6-11(9)18-13(8)10-7-14-15-16(10)2/h3-7H,1-2H3. The van der Waals surface area contributed by atoms with Gasteiger partial charge in [-0.2, -0.15) is 0 Å². The van der Waals surface area contributed by atoms with Gasteiger partial charge in [0, 0.05) is 12.6 Å². The minimum atomic E-state index is -0.0203. The minimum absolute atomic E-state index is 0.0203. The van der Waals surface area contributed by atoms with Crippen LogP contribution in [0.2, 0.25) is 0 Å². The molecule has 0 radical (unpaired) electrons. The van der Waals surface area contributed by atoms with Crippen molar-refractivity contribution < 1.29 is 4.42 Å². The Hall–Kier alpha value is -2.43. The van der Waals surface area contributed by atoms with Crippen molar-refractivity contribution in [3.63, 3.8) is 0 Å². The van der Waals surface area contributed by atoms with E-state index < -0.39 is 0 Å². The Labute approximate surface area is 103 Å². The molecule has 5 nitrogen and oxygen atoms in total. The largest absolute Gasteiger partial charge is 0.454 e. The quantitative estimate of drug-likeness (QED) is 0.652. The molecule has 1 aromatic carbocycles. The molecule has 0 saturated carbocycles. The van der Waals surface area contributed by atoms with Crippen LogP contribution in [-0.2, 0) is 7.05 Å². The summed E-state index contributed by atoms with van der Waals surface area (Å²) >= 11 is 0. The Kier molecular flexibility index (Phi) is 2.26. The van der Waals surface area contributed by atoms with E-state index >= 15 is 0 Å². The van der Waals surface area contributed by atoms with Crippen LogP contribution < -0.4 is 5.43 Å². The zero-order valence-corrected chi connectivity index (χ0v) is 10.0. The van der Waals surface area contributed by atoms with Crippen LogP contribution >= 0.6 is 0 Å². The topological polar surface area (TPSA) is 60.9 Å². The predicted molar refractivity (Wildman–Crippen MR) is 67.2 cm³/mol. The van der Waals surface area contributed by atoms with E-state index in [0.717, 1.165) is 0 Å². The molecule has 0 aliphatic heterocycles. The number of aryl methyl sites for hydroxylation is 1. The number of fused-ring (bicyclic) bond motifs is 1. The predicted octanol–water partition coefficient (Wildman–Crippen LogP) is 1.90. The van der Waals surface area contributed by atoms with Gasteiger partial charge in [0.05, 0.1) is 11.6 Å². The molecule has 2 aromatic heterocycles. The molecule has 0 spiro atoms. The van der Waals surface area contributed by atoms with Crippen LogP contribution in [0.25, 0.3) is 22.4 Å². The molecule has 3 rings (SSSR count). The summed E-state index contributed by atoms with van der Waals surface area (Å²) in [6.45, 7) is 1.75. The van der Waals surface area contributed by atoms with Crippen LogP contribution in [0.4, 0.5) is 0 Å². The molecule has 90 valence electrons. The van der Waals surface area contributed by atoms with Gasteiger partial charge < -0.3 is 4.42 Å². The number of hydrogen-bond acceptors (Lipinski definition) is 4. The fourth-order valence-electron chi connectivity index (χ4n) is 1.97. The minimum Gasteiger partial charge on any atom is -0.454 e. The van der Waals surface area contributed by atoms with Gasteiger partial charge >= 0.3 is 0 Å². The third kappa shape index (κ3) is 1.44. The molecule has 0 bridgehead atoms. The summed E-state index contributed by atoms with van der Waals surface area (Å²) in [7, 11) is 1.76. The lowest BCUT2D eigenvalue weighted by Crippen LogP contribution is -2.08. The molecular weight excluding hydrogens is 230 g/mol. The molecule has 5 heteroatoms. The van der Waals surface area contributed by atoms with Crippen LogP contribution in [0.3, 0.4) is 0 Å². The molecule has 0 unspecified atom stereocenters. The maximum absolute atomic E-state index is 12.2. The van der Waals surface area contributed by atoms with Crippen molar-refractivity contribution in [2.24, 2.45) is 7.05 Å². The van der Waals surface area contributed by atoms with Gasteiger partial charge in [0.1, 0.15) is 11.3 Å². The van der Waals surface area contributed by atoms with Crippen molar-refractivity contribution in [2.45, 2.75) is 6.92 Å². The molecule has 3 aromatic rings. The highest BCUT2D eigenvalue weighted by molar-refractivity contribution is 5.79. The highest BCUT2D eigenvalue weighted by atomic mass is 16.3. The fraction of sp³-hybridized carbons (Fsp3) is 0.154. The van der Waals surface area contributed by atoms with E-state index in [1.165, 1.54) is 0 Å². The molecule has 0 aliphatic carbocycles. The van der Waals surface area contributed by atoms with E-state index in [1.807, 2.05) is 12.1 Å². The number of aromatic nitrogens is 3. The van der Waals surface area contributed by atoms with Crippen LogP contribution in [-0.4, -0.2) is 15.0 Å². The van der Waals surface area contributed by atoms with Crippen molar-refractivity contribution >= 4 is 11.0 Å². The first-order valence-corrected chi connectivity index (χ1v) is 5.56. The van der Waals surface area contributed by atoms with Gasteiger partial charge in [0.2, 0.25) is 0 Å². The zero-order valence-electron chi connectivity index (χ0n) is 10.0. The summed E-state index contributed by atoms with van der Waals surface area (Å²) in [5.74, 6) is 0.520. The monoisotopic (exact) mass is 241 g/mol. The first-order chi connectivity index (χ1) is 8.68. The summed E-state index contributed by atoms with van der Waals surface area (Å²) < 4.78 is 7.38. The van der Waals surface area contributed by atoms with Crippen LogP contribution in [0.15, 0.2) is 39.7 Å². The van der Waals surface area contributed by atoms with Gasteiger partial charge in [-0.15, -0.1) is 5.10 Å². The first kappa shape index (κ1) is 10.7. The maximum atomic E-state index is 12.2. The molecule has 0 N–H and O–H groups in total. The summed E-state index contributed by atoms with van der Waals surface area (Å²) in [4.78, 5) is 12.2. The molecule has 0 saturated heterocycles. The van der Waals surface area contributed by atoms with Crippen molar-refractivity contribution in [3.8, 4) is 11.5 Å². The van der Waals surface area contributed by atoms with Crippen LogP contribution in [0.1, 0.15) is 5.56 Å². The van der Waals surface area contributed by atoms with Gasteiger partial charge in [-0.05, 0) is 19.1 Å². The van der Waals surface area contributed by atoms with Gasteiger partial charge in [-0.25, -0.2) is 4.68 Å². The van der Waals surface area contributed by atoms with E-state index in [1.54, 1.807) is 37.0 Å². The van der Waals surface area contributed by atoms with Crippen molar-refractivity contribution in [2.75, 3.05) is 0 Å². The second-order valence-corrected chi connectivity index (χ2v) is 4.12. The molecule has 0 amide bonds. The summed E-state index contributed by atoms with van der Waals surface area (Å²) in [5.41, 5.74) is 1.81. The van der Waals surface area contributed by atoms with E-state index in [0.29, 0.717) is 28.0 Å². The molecule has 2 heterocycles. The SMILES string of the molecule is Cc1c(-c2cnnn2C)oc2ccccc2c1=O. The Bertz CT molecular complexity index is 786. The lowest BCUT2D eigenvalue weighted by molar-refractivity contribution is 0.600. The van der Waals surface area contributed by atoms with E-state index in [4.69, 9.17) is 4.42 Å². The van der Waals surface area contributed by atoms with Gasteiger partial charge in [-0.1, -0.05) is 17.3 Å². The average Bonchev–Trinajstić information content (AvgIpc) is 2.80. The number of benzene rings is 1. The Morgan fingerprint density at radius 1 is 1.28 bits per heavy atom. The fourth-order valence-corrected chi connectivity index (χ4v) is 1.97. The van der Waals surface area contributed by atoms with Gasteiger partial charge in [0.25, 0.3) is 0 Å². The molecule has 0 aliphatic rings. The molecule has 0 atom stereocenters. The molecular formula is C13H11N3O2. The number of nitrogens with zero attached hydrogens (tertiary/aromatic N) is 3. The van der Waals surface area contributed by atoms with E-state index in [-0.39, 0.29) is 5.43 Å². The van der Waals surface area contributed by atoms with E-state index in [2.05, 4.69) is 10.3 Å². The third-order valence-electron chi connectivity index (χ3n) is 2.97. The number of para-hydroxylation sites is 1. The van der Waals surface area contributed by atoms with Crippen molar-refractivity contribution in [1.29, 1.82) is 0 Å². The Morgan fingerprint density at radius 2 is 2.06 bits per heavy atom. The second kappa shape index (κ2) is 3.80. The second-order valence-electron chi connectivity index (χ2n) is 4.12. The normalized spacial score (nSPS) is 11.0. The molecule has 0 fully saturated rings. The van der Waals surface area contributed by atoms with Gasteiger partial charge in [0.15, 0.2) is 11.2 Å².